The van der Waals surface area contributed by atoms with Crippen LogP contribution in [0.1, 0.15) is 25.6 Å². The first-order chi connectivity index (χ1) is 9.24. The molecular weight excluding hydrogens is 244 g/mol. The van der Waals surface area contributed by atoms with Gasteiger partial charge in [0.2, 0.25) is 0 Å². The Hall–Kier alpha value is -1.49. The van der Waals surface area contributed by atoms with E-state index < -0.39 is 6.04 Å². The van der Waals surface area contributed by atoms with Crippen LogP contribution < -0.4 is 5.32 Å². The van der Waals surface area contributed by atoms with Gasteiger partial charge in [-0.1, -0.05) is 19.1 Å². The lowest BCUT2D eigenvalue weighted by Gasteiger charge is -2.18. The summed E-state index contributed by atoms with van der Waals surface area (Å²) in [5.41, 5.74) is 0.593. The summed E-state index contributed by atoms with van der Waals surface area (Å²) in [5.74, 6) is 0. The molecule has 1 atom stereocenters. The maximum atomic E-state index is 9.15. The van der Waals surface area contributed by atoms with E-state index in [9.17, 15) is 0 Å². The van der Waals surface area contributed by atoms with E-state index >= 15 is 0 Å². The molecule has 19 heavy (non-hydrogen) atoms. The van der Waals surface area contributed by atoms with Gasteiger partial charge in [0.05, 0.1) is 25.4 Å². The molecule has 0 aromatic carbocycles. The molecular formula is C12H22N6O. The fourth-order valence-electron chi connectivity index (χ4n) is 1.78. The van der Waals surface area contributed by atoms with Crippen molar-refractivity contribution in [3.8, 4) is 6.07 Å². The predicted molar refractivity (Wildman–Crippen MR) is 71.3 cm³/mol. The van der Waals surface area contributed by atoms with E-state index in [1.807, 2.05) is 0 Å². The van der Waals surface area contributed by atoms with Gasteiger partial charge < -0.3 is 10.0 Å². The Morgan fingerprint density at radius 2 is 2.26 bits per heavy atom. The molecule has 1 aromatic rings. The van der Waals surface area contributed by atoms with Crippen LogP contribution in [-0.4, -0.2) is 57.8 Å². The fourth-order valence-corrected chi connectivity index (χ4v) is 1.78. The summed E-state index contributed by atoms with van der Waals surface area (Å²) in [6.45, 7) is 8.27. The highest BCUT2D eigenvalue weighted by atomic mass is 16.3. The third-order valence-electron chi connectivity index (χ3n) is 2.98. The van der Waals surface area contributed by atoms with Crippen LogP contribution in [0, 0.1) is 11.3 Å². The number of nitriles is 1. The molecule has 0 bridgehead atoms. The second-order valence-corrected chi connectivity index (χ2v) is 4.17. The highest BCUT2D eigenvalue weighted by Crippen LogP contribution is 2.07. The Bertz CT molecular complexity index is 395. The van der Waals surface area contributed by atoms with Crippen molar-refractivity contribution in [2.24, 2.45) is 0 Å². The summed E-state index contributed by atoms with van der Waals surface area (Å²) < 4.78 is 1.53. The fraction of sp³-hybridized carbons (Fsp3) is 0.750. The van der Waals surface area contributed by atoms with Gasteiger partial charge in [0.25, 0.3) is 0 Å². The Kier molecular flexibility index (Phi) is 7.03. The number of nitrogens with zero attached hydrogens (tertiary/aromatic N) is 5. The number of nitrogens with one attached hydrogen (secondary N) is 1. The molecule has 2 N–H and O–H groups in total. The Labute approximate surface area is 113 Å². The molecule has 1 aromatic heterocycles. The zero-order valence-corrected chi connectivity index (χ0v) is 11.6. The van der Waals surface area contributed by atoms with Gasteiger partial charge in [-0.15, -0.1) is 5.10 Å². The Morgan fingerprint density at radius 1 is 1.53 bits per heavy atom. The molecule has 1 rings (SSSR count). The van der Waals surface area contributed by atoms with Crippen LogP contribution >= 0.6 is 0 Å². The van der Waals surface area contributed by atoms with Gasteiger partial charge in [-0.2, -0.15) is 5.26 Å². The third kappa shape index (κ3) is 4.95. The number of hydrogen-bond donors (Lipinski definition) is 2. The topological polar surface area (TPSA) is 90.0 Å². The van der Waals surface area contributed by atoms with Crippen LogP contribution in [0.3, 0.4) is 0 Å². The zero-order valence-electron chi connectivity index (χ0n) is 11.6. The molecule has 1 unspecified atom stereocenters. The average molecular weight is 266 g/mol. The number of aromatic nitrogens is 3. The van der Waals surface area contributed by atoms with Gasteiger partial charge in [0.1, 0.15) is 11.7 Å². The molecule has 0 saturated heterocycles. The molecule has 0 spiro atoms. The van der Waals surface area contributed by atoms with E-state index in [4.69, 9.17) is 10.4 Å². The van der Waals surface area contributed by atoms with Crippen molar-refractivity contribution < 1.29 is 5.11 Å². The molecule has 1 heterocycles. The van der Waals surface area contributed by atoms with Crippen LogP contribution in [-0.2, 0) is 6.54 Å². The van der Waals surface area contributed by atoms with Crippen LogP contribution in [0.15, 0.2) is 6.20 Å². The monoisotopic (exact) mass is 266 g/mol. The largest absolute Gasteiger partial charge is 0.394 e. The lowest BCUT2D eigenvalue weighted by Crippen LogP contribution is -2.33. The van der Waals surface area contributed by atoms with Crippen molar-refractivity contribution in [1.29, 1.82) is 5.26 Å². The first kappa shape index (κ1) is 15.6. The van der Waals surface area contributed by atoms with Gasteiger partial charge in [0, 0.05) is 13.1 Å². The van der Waals surface area contributed by atoms with Gasteiger partial charge in [0.15, 0.2) is 0 Å². The van der Waals surface area contributed by atoms with Crippen LogP contribution in [0.2, 0.25) is 0 Å². The minimum Gasteiger partial charge on any atom is -0.394 e. The highest BCUT2D eigenvalue weighted by Gasteiger charge is 2.14. The normalized spacial score (nSPS) is 12.6. The molecule has 0 fully saturated rings. The van der Waals surface area contributed by atoms with Crippen LogP contribution in [0.5, 0.6) is 0 Å². The lowest BCUT2D eigenvalue weighted by atomic mass is 10.2. The minimum absolute atomic E-state index is 0.00933. The van der Waals surface area contributed by atoms with Crippen molar-refractivity contribution in [1.82, 2.24) is 25.2 Å². The molecule has 7 heteroatoms. The van der Waals surface area contributed by atoms with E-state index in [0.29, 0.717) is 12.2 Å². The molecule has 0 radical (unpaired) electrons. The van der Waals surface area contributed by atoms with Gasteiger partial charge in [-0.3, -0.25) is 5.32 Å². The van der Waals surface area contributed by atoms with Crippen molar-refractivity contribution in [2.75, 3.05) is 32.8 Å². The second kappa shape index (κ2) is 8.58. The summed E-state index contributed by atoms with van der Waals surface area (Å²) in [4.78, 5) is 2.28. The molecule has 0 saturated carbocycles. The second-order valence-electron chi connectivity index (χ2n) is 4.17. The van der Waals surface area contributed by atoms with Crippen molar-refractivity contribution >= 4 is 0 Å². The van der Waals surface area contributed by atoms with Crippen molar-refractivity contribution in [3.05, 3.63) is 11.9 Å². The quantitative estimate of drug-likeness (QED) is 0.641. The summed E-state index contributed by atoms with van der Waals surface area (Å²) in [7, 11) is 0. The van der Waals surface area contributed by atoms with Gasteiger partial charge in [-0.25, -0.2) is 4.68 Å². The number of rotatable bonds is 9. The minimum atomic E-state index is -0.456. The molecule has 7 nitrogen and oxygen atoms in total. The SMILES string of the molecule is CCN(CC)CCNC(C#N)c1cn(CCO)nn1. The van der Waals surface area contributed by atoms with E-state index in [2.05, 4.69) is 40.4 Å². The van der Waals surface area contributed by atoms with E-state index in [1.165, 1.54) is 4.68 Å². The van der Waals surface area contributed by atoms with E-state index in [-0.39, 0.29) is 6.61 Å². The molecule has 0 aliphatic rings. The first-order valence-electron chi connectivity index (χ1n) is 6.61. The van der Waals surface area contributed by atoms with E-state index in [0.717, 1.165) is 26.2 Å². The molecule has 0 amide bonds. The number of likely N-dealkylation sites (N-methyl/N-ethyl adjacent to an activating group) is 1. The summed E-state index contributed by atoms with van der Waals surface area (Å²) in [6, 6.07) is 1.72. The maximum absolute atomic E-state index is 9.15. The number of aliphatic hydroxyl groups is 1. The summed E-state index contributed by atoms with van der Waals surface area (Å²) in [5, 5.41) is 28.9. The van der Waals surface area contributed by atoms with Crippen LogP contribution in [0.4, 0.5) is 0 Å². The number of aliphatic hydroxyl groups excluding tert-OH is 1. The predicted octanol–water partition coefficient (Wildman–Crippen LogP) is -0.234. The molecule has 0 aliphatic heterocycles. The van der Waals surface area contributed by atoms with Gasteiger partial charge >= 0.3 is 0 Å². The first-order valence-corrected chi connectivity index (χ1v) is 6.61. The van der Waals surface area contributed by atoms with Crippen LogP contribution in [0.25, 0.3) is 0 Å². The molecule has 106 valence electrons. The number of hydrogen-bond acceptors (Lipinski definition) is 6. The van der Waals surface area contributed by atoms with Crippen molar-refractivity contribution in [2.45, 2.75) is 26.4 Å². The Morgan fingerprint density at radius 3 is 2.84 bits per heavy atom. The third-order valence-corrected chi connectivity index (χ3v) is 2.98. The van der Waals surface area contributed by atoms with Gasteiger partial charge in [-0.05, 0) is 13.1 Å². The van der Waals surface area contributed by atoms with Crippen molar-refractivity contribution in [3.63, 3.8) is 0 Å². The smallest absolute Gasteiger partial charge is 0.142 e. The Balaban J connectivity index is 2.46. The highest BCUT2D eigenvalue weighted by molar-refractivity contribution is 5.10. The molecule has 0 aliphatic carbocycles. The van der Waals surface area contributed by atoms with E-state index in [1.54, 1.807) is 6.20 Å². The summed E-state index contributed by atoms with van der Waals surface area (Å²) in [6.07, 6.45) is 1.69. The summed E-state index contributed by atoms with van der Waals surface area (Å²) >= 11 is 0. The average Bonchev–Trinajstić information content (AvgIpc) is 2.88. The standard InChI is InChI=1S/C12H22N6O/c1-3-17(4-2)6-5-14-11(9-13)12-10-18(7-8-19)16-15-12/h10-11,14,19H,3-8H2,1-2H3. The lowest BCUT2D eigenvalue weighted by molar-refractivity contribution is 0.268. The zero-order chi connectivity index (χ0) is 14.1. The maximum Gasteiger partial charge on any atom is 0.142 e.